The third kappa shape index (κ3) is 5.37. The molecule has 3 N–H and O–H groups in total. The van der Waals surface area contributed by atoms with Crippen LogP contribution in [0.1, 0.15) is 44.1 Å². The second-order valence-electron chi connectivity index (χ2n) is 8.91. The van der Waals surface area contributed by atoms with Crippen LogP contribution in [-0.4, -0.2) is 25.9 Å². The van der Waals surface area contributed by atoms with Crippen LogP contribution in [-0.2, 0) is 24.4 Å². The van der Waals surface area contributed by atoms with Crippen LogP contribution in [0.25, 0.3) is 0 Å². The number of primary sulfonamides is 1. The van der Waals surface area contributed by atoms with Crippen molar-refractivity contribution in [2.24, 2.45) is 5.14 Å². The van der Waals surface area contributed by atoms with Crippen LogP contribution < -0.4 is 15.4 Å². The third-order valence-corrected chi connectivity index (χ3v) is 7.73. The van der Waals surface area contributed by atoms with Crippen LogP contribution in [0.5, 0.6) is 0 Å². The monoisotopic (exact) mass is 572 g/mol. The molecule has 0 spiro atoms. The van der Waals surface area contributed by atoms with Gasteiger partial charge in [0.2, 0.25) is 15.9 Å². The van der Waals surface area contributed by atoms with Gasteiger partial charge in [0.1, 0.15) is 11.6 Å². The van der Waals surface area contributed by atoms with Gasteiger partial charge in [-0.2, -0.15) is 5.26 Å². The van der Waals surface area contributed by atoms with Crippen LogP contribution in [0.2, 0.25) is 10.0 Å². The van der Waals surface area contributed by atoms with Crippen LogP contribution in [0, 0.1) is 11.3 Å². The molecule has 1 aliphatic carbocycles. The number of carbonyl (C=O) groups is 3. The number of carbonyl (C=O) groups excluding carboxylic acids is 3. The van der Waals surface area contributed by atoms with Crippen LogP contribution >= 0.6 is 23.2 Å². The molecule has 38 heavy (non-hydrogen) atoms. The molecule has 0 saturated heterocycles. The molecule has 0 bridgehead atoms. The number of hydrogen-bond donors (Lipinski definition) is 2. The number of amides is 1. The first kappa shape index (κ1) is 27.5. The largest absolute Gasteiger partial charge is 0.311 e. The van der Waals surface area contributed by atoms with E-state index in [4.69, 9.17) is 28.3 Å². The summed E-state index contributed by atoms with van der Waals surface area (Å²) in [5.41, 5.74) is 1.73. The van der Waals surface area contributed by atoms with E-state index in [-0.39, 0.29) is 39.3 Å². The first-order chi connectivity index (χ1) is 17.9. The highest BCUT2D eigenvalue weighted by atomic mass is 35.5. The van der Waals surface area contributed by atoms with Crippen molar-refractivity contribution in [2.45, 2.75) is 43.4 Å². The second-order valence-corrected chi connectivity index (χ2v) is 11.3. The maximum absolute atomic E-state index is 13.4. The lowest BCUT2D eigenvalue weighted by molar-refractivity contribution is -0.126. The Kier molecular flexibility index (Phi) is 7.76. The normalized spacial score (nSPS) is 17.7. The molecule has 1 atom stereocenters. The summed E-state index contributed by atoms with van der Waals surface area (Å²) in [5, 5.41) is 18.9. The number of ketones is 2. The fourth-order valence-corrected chi connectivity index (χ4v) is 5.74. The average Bonchev–Trinajstić information content (AvgIpc) is 2.83. The molecule has 1 heterocycles. The van der Waals surface area contributed by atoms with Gasteiger partial charge in [0.05, 0.1) is 28.9 Å². The topological polar surface area (TPSA) is 150 Å². The molecule has 1 unspecified atom stereocenters. The van der Waals surface area contributed by atoms with Gasteiger partial charge < -0.3 is 5.32 Å². The quantitative estimate of drug-likeness (QED) is 0.495. The van der Waals surface area contributed by atoms with E-state index < -0.39 is 28.3 Å². The van der Waals surface area contributed by atoms with Crippen molar-refractivity contribution >= 4 is 56.4 Å². The molecule has 0 aromatic heterocycles. The zero-order valence-electron chi connectivity index (χ0n) is 20.1. The van der Waals surface area contributed by atoms with Gasteiger partial charge in [-0.1, -0.05) is 29.3 Å². The Morgan fingerprint density at radius 2 is 1.84 bits per heavy atom. The van der Waals surface area contributed by atoms with Crippen molar-refractivity contribution in [1.82, 2.24) is 5.32 Å². The predicted molar refractivity (Wildman–Crippen MR) is 141 cm³/mol. The number of hydrogen-bond acceptors (Lipinski definition) is 7. The van der Waals surface area contributed by atoms with Crippen LogP contribution in [0.15, 0.2) is 70.0 Å². The summed E-state index contributed by atoms with van der Waals surface area (Å²) in [6.07, 6.45) is 0.757. The third-order valence-electron chi connectivity index (χ3n) is 6.24. The molecule has 12 heteroatoms. The van der Waals surface area contributed by atoms with Crippen molar-refractivity contribution in [3.05, 3.63) is 80.7 Å². The van der Waals surface area contributed by atoms with Crippen molar-refractivity contribution in [3.8, 4) is 6.07 Å². The molecular formula is C26H22Cl2N4O5S. The van der Waals surface area contributed by atoms with Gasteiger partial charge >= 0.3 is 0 Å². The highest BCUT2D eigenvalue weighted by Crippen LogP contribution is 2.48. The smallest absolute Gasteiger partial charge is 0.238 e. The highest BCUT2D eigenvalue weighted by Gasteiger charge is 2.42. The molecule has 4 rings (SSSR count). The minimum atomic E-state index is -3.98. The Balaban J connectivity index is 2.00. The number of benzene rings is 2. The summed E-state index contributed by atoms with van der Waals surface area (Å²) >= 11 is 12.6. The molecule has 9 nitrogen and oxygen atoms in total. The zero-order chi connectivity index (χ0) is 27.8. The molecule has 1 amide bonds. The van der Waals surface area contributed by atoms with Crippen molar-refractivity contribution in [1.29, 1.82) is 5.26 Å². The van der Waals surface area contributed by atoms with E-state index in [2.05, 4.69) is 11.4 Å². The lowest BCUT2D eigenvalue weighted by atomic mass is 9.75. The summed E-state index contributed by atoms with van der Waals surface area (Å²) < 4.78 is 23.6. The lowest BCUT2D eigenvalue weighted by Gasteiger charge is -2.41. The van der Waals surface area contributed by atoms with Crippen molar-refractivity contribution in [2.75, 3.05) is 4.90 Å². The molecule has 2 aliphatic rings. The summed E-state index contributed by atoms with van der Waals surface area (Å²) in [6, 6.07) is 12.4. The first-order valence-electron chi connectivity index (χ1n) is 11.5. The van der Waals surface area contributed by atoms with Crippen molar-refractivity contribution in [3.63, 3.8) is 0 Å². The van der Waals surface area contributed by atoms with Gasteiger partial charge in [-0.05, 0) is 61.7 Å². The Bertz CT molecular complexity index is 1570. The van der Waals surface area contributed by atoms with E-state index in [0.29, 0.717) is 40.4 Å². The van der Waals surface area contributed by atoms with Gasteiger partial charge in [0.15, 0.2) is 5.78 Å². The van der Waals surface area contributed by atoms with Gasteiger partial charge in [-0.25, -0.2) is 13.6 Å². The molecule has 0 radical (unpaired) electrons. The summed E-state index contributed by atoms with van der Waals surface area (Å²) in [5.74, 6) is -2.08. The molecule has 2 aromatic rings. The number of halogens is 2. The Morgan fingerprint density at radius 1 is 1.16 bits per heavy atom. The summed E-state index contributed by atoms with van der Waals surface area (Å²) in [6.45, 7) is 1.26. The van der Waals surface area contributed by atoms with Crippen LogP contribution in [0.3, 0.4) is 0 Å². The fraction of sp³-hybridized carbons (Fsp3) is 0.231. The molecule has 2 aromatic carbocycles. The number of nitrogens with one attached hydrogen (secondary N) is 1. The number of nitrogens with two attached hydrogens (primary N) is 1. The molecular weight excluding hydrogens is 551 g/mol. The van der Waals surface area contributed by atoms with Gasteiger partial charge in [-0.15, -0.1) is 0 Å². The predicted octanol–water partition coefficient (Wildman–Crippen LogP) is 4.08. The van der Waals surface area contributed by atoms with E-state index in [0.717, 1.165) is 0 Å². The maximum atomic E-state index is 13.4. The number of rotatable bonds is 6. The SMILES string of the molecule is CC(=O)CC(=O)NC1=C(C#N)C(c2ccc(Cl)cc2Cl)C2=C(CCCC2=O)N1c1ccc(S(N)(=O)=O)cc1. The Hall–Kier alpha value is -3.49. The molecule has 0 fully saturated rings. The number of nitriles is 1. The summed E-state index contributed by atoms with van der Waals surface area (Å²) in [7, 11) is -3.98. The number of anilines is 1. The molecule has 0 saturated carbocycles. The summed E-state index contributed by atoms with van der Waals surface area (Å²) in [4.78, 5) is 39.2. The van der Waals surface area contributed by atoms with E-state index in [9.17, 15) is 28.1 Å². The average molecular weight is 573 g/mol. The van der Waals surface area contributed by atoms with Crippen molar-refractivity contribution < 1.29 is 22.8 Å². The number of allylic oxidation sites excluding steroid dienone is 3. The van der Waals surface area contributed by atoms with E-state index in [1.165, 1.54) is 37.3 Å². The maximum Gasteiger partial charge on any atom is 0.238 e. The number of Topliss-reactive ketones (excluding diaryl/α,β-unsaturated/α-hetero) is 2. The van der Waals surface area contributed by atoms with Gasteiger partial charge in [0.25, 0.3) is 0 Å². The molecule has 1 aliphatic heterocycles. The minimum absolute atomic E-state index is 0.0237. The lowest BCUT2D eigenvalue weighted by Crippen LogP contribution is -2.43. The van der Waals surface area contributed by atoms with E-state index >= 15 is 0 Å². The minimum Gasteiger partial charge on any atom is -0.311 e. The fourth-order valence-electron chi connectivity index (χ4n) is 4.70. The van der Waals surface area contributed by atoms with Gasteiger partial charge in [-0.3, -0.25) is 19.3 Å². The van der Waals surface area contributed by atoms with E-state index in [1.807, 2.05) is 0 Å². The zero-order valence-corrected chi connectivity index (χ0v) is 22.5. The first-order valence-corrected chi connectivity index (χ1v) is 13.8. The number of sulfonamides is 1. The molecule has 196 valence electrons. The number of nitrogens with zero attached hydrogens (tertiary/aromatic N) is 2. The highest BCUT2D eigenvalue weighted by molar-refractivity contribution is 7.89. The Morgan fingerprint density at radius 3 is 2.42 bits per heavy atom. The Labute approximate surface area is 229 Å². The van der Waals surface area contributed by atoms with E-state index in [1.54, 1.807) is 17.0 Å². The standard InChI is InChI=1S/C26H22Cl2N4O5S/c1-14(33)11-23(35)31-26-19(13-29)24(18-10-5-15(27)12-20(18)28)25-21(3-2-4-22(25)34)32(26)16-6-8-17(9-7-16)38(30,36)37/h5-10,12,24H,2-4,11H2,1H3,(H,31,35)(H2,30,36,37). The second kappa shape index (κ2) is 10.7. The van der Waals surface area contributed by atoms with Crippen LogP contribution in [0.4, 0.5) is 5.69 Å². The van der Waals surface area contributed by atoms with Gasteiger partial charge in [0, 0.05) is 33.4 Å².